The van der Waals surface area contributed by atoms with Crippen LogP contribution in [0.2, 0.25) is 0 Å². The molecule has 5 aromatic rings. The van der Waals surface area contributed by atoms with E-state index in [4.69, 9.17) is 4.74 Å². The highest BCUT2D eigenvalue weighted by Gasteiger charge is 2.55. The van der Waals surface area contributed by atoms with Crippen LogP contribution in [0.4, 0.5) is 5.95 Å². The molecule has 0 bridgehead atoms. The first-order valence-corrected chi connectivity index (χ1v) is 13.1. The molecule has 0 radical (unpaired) electrons. The van der Waals surface area contributed by atoms with Crippen LogP contribution in [0.5, 0.6) is 0 Å². The smallest absolute Gasteiger partial charge is 0.378 e. The molecule has 0 saturated heterocycles. The van der Waals surface area contributed by atoms with Gasteiger partial charge in [0.05, 0.1) is 12.3 Å². The topological polar surface area (TPSA) is 69.0 Å². The van der Waals surface area contributed by atoms with Gasteiger partial charge in [-0.2, -0.15) is 9.67 Å². The van der Waals surface area contributed by atoms with Crippen LogP contribution in [0.15, 0.2) is 97.1 Å². The van der Waals surface area contributed by atoms with Gasteiger partial charge in [0.2, 0.25) is 5.95 Å². The molecule has 0 amide bonds. The summed E-state index contributed by atoms with van der Waals surface area (Å²) in [5.41, 5.74) is 4.50. The summed E-state index contributed by atoms with van der Waals surface area (Å²) in [6.07, 6.45) is 1.02. The highest BCUT2D eigenvalue weighted by Crippen LogP contribution is 2.60. The molecule has 2 atom stereocenters. The summed E-state index contributed by atoms with van der Waals surface area (Å²) in [7, 11) is 0. The van der Waals surface area contributed by atoms with E-state index in [-0.39, 0.29) is 17.8 Å². The fraction of sp³-hybridized carbons (Fsp3) is 0.219. The summed E-state index contributed by atoms with van der Waals surface area (Å²) >= 11 is 0. The van der Waals surface area contributed by atoms with Crippen LogP contribution in [0.3, 0.4) is 0 Å². The maximum atomic E-state index is 12.5. The minimum absolute atomic E-state index is 0.0468. The van der Waals surface area contributed by atoms with Gasteiger partial charge in [-0.25, -0.2) is 4.79 Å². The molecular weight excluding hydrogens is 472 g/mol. The van der Waals surface area contributed by atoms with E-state index in [2.05, 4.69) is 88.2 Å². The maximum Gasteiger partial charge on any atom is 0.378 e. The number of hydrogen-bond acceptors (Lipinski definition) is 5. The molecule has 1 saturated carbocycles. The number of aryl methyl sites for hydroxylation is 1. The molecule has 1 aromatic heterocycles. The van der Waals surface area contributed by atoms with Crippen molar-refractivity contribution in [2.24, 2.45) is 0 Å². The van der Waals surface area contributed by atoms with Gasteiger partial charge in [0.15, 0.2) is 0 Å². The van der Waals surface area contributed by atoms with E-state index >= 15 is 0 Å². The fourth-order valence-corrected chi connectivity index (χ4v) is 5.36. The Hall–Kier alpha value is -4.45. The van der Waals surface area contributed by atoms with E-state index < -0.39 is 5.97 Å². The molecule has 6 rings (SSSR count). The Morgan fingerprint density at radius 3 is 2.47 bits per heavy atom. The third-order valence-corrected chi connectivity index (χ3v) is 7.51. The van der Waals surface area contributed by atoms with E-state index in [1.54, 1.807) is 11.6 Å². The van der Waals surface area contributed by atoms with Crippen LogP contribution in [-0.4, -0.2) is 33.9 Å². The lowest BCUT2D eigenvalue weighted by atomic mass is 9.90. The van der Waals surface area contributed by atoms with E-state index in [9.17, 15) is 4.79 Å². The molecule has 6 nitrogen and oxygen atoms in total. The van der Waals surface area contributed by atoms with Gasteiger partial charge in [0, 0.05) is 12.0 Å². The lowest BCUT2D eigenvalue weighted by molar-refractivity contribution is 0.0512. The average molecular weight is 503 g/mol. The van der Waals surface area contributed by atoms with Gasteiger partial charge in [0.25, 0.3) is 5.82 Å². The summed E-state index contributed by atoms with van der Waals surface area (Å²) in [5, 5.41) is 10.6. The van der Waals surface area contributed by atoms with E-state index in [0.717, 1.165) is 17.7 Å². The molecule has 0 aliphatic heterocycles. The van der Waals surface area contributed by atoms with Crippen LogP contribution < -0.4 is 5.32 Å². The largest absolute Gasteiger partial charge is 0.460 e. The molecule has 1 aliphatic rings. The molecule has 1 fully saturated rings. The molecule has 0 spiro atoms. The van der Waals surface area contributed by atoms with E-state index in [0.29, 0.717) is 18.4 Å². The first-order chi connectivity index (χ1) is 18.6. The summed E-state index contributed by atoms with van der Waals surface area (Å²) in [6.45, 7) is 4.74. The van der Waals surface area contributed by atoms with Crippen LogP contribution >= 0.6 is 0 Å². The number of nitrogens with zero attached hydrogens (tertiary/aromatic N) is 3. The molecule has 1 aliphatic carbocycles. The Labute approximate surface area is 222 Å². The zero-order valence-corrected chi connectivity index (χ0v) is 21.6. The monoisotopic (exact) mass is 502 g/mol. The Bertz CT molecular complexity index is 1590. The third-order valence-electron chi connectivity index (χ3n) is 7.51. The summed E-state index contributed by atoms with van der Waals surface area (Å²) in [4.78, 5) is 17.0. The zero-order chi connectivity index (χ0) is 26.1. The molecule has 6 heteroatoms. The number of benzene rings is 4. The number of carbonyl (C=O) groups excluding carboxylic acids is 1. The second kappa shape index (κ2) is 9.78. The number of nitrogens with one attached hydrogen (secondary N) is 1. The van der Waals surface area contributed by atoms with Crippen LogP contribution in [0.1, 0.15) is 46.6 Å². The molecule has 190 valence electrons. The van der Waals surface area contributed by atoms with Gasteiger partial charge >= 0.3 is 5.97 Å². The Morgan fingerprint density at radius 1 is 0.974 bits per heavy atom. The first kappa shape index (κ1) is 23.9. The average Bonchev–Trinajstić information content (AvgIpc) is 3.55. The first-order valence-electron chi connectivity index (χ1n) is 13.1. The number of fused-ring (bicyclic) bond motifs is 1. The van der Waals surface area contributed by atoms with Crippen molar-refractivity contribution in [2.45, 2.75) is 31.6 Å². The number of esters is 1. The lowest BCUT2D eigenvalue weighted by Crippen LogP contribution is -2.23. The zero-order valence-electron chi connectivity index (χ0n) is 21.6. The van der Waals surface area contributed by atoms with Crippen molar-refractivity contribution in [3.63, 3.8) is 0 Å². The number of hydrogen-bond donors (Lipinski definition) is 1. The van der Waals surface area contributed by atoms with Crippen LogP contribution in [0.25, 0.3) is 16.5 Å². The second-order valence-corrected chi connectivity index (χ2v) is 9.97. The fourth-order valence-electron chi connectivity index (χ4n) is 5.36. The van der Waals surface area contributed by atoms with Crippen molar-refractivity contribution in [3.05, 3.63) is 120 Å². The number of ether oxygens (including phenoxy) is 1. The number of anilines is 1. The highest BCUT2D eigenvalue weighted by molar-refractivity contribution is 5.85. The molecule has 38 heavy (non-hydrogen) atoms. The van der Waals surface area contributed by atoms with Crippen LogP contribution in [0, 0.1) is 6.92 Å². The molecule has 1 N–H and O–H groups in total. The Kier molecular flexibility index (Phi) is 6.16. The van der Waals surface area contributed by atoms with Gasteiger partial charge in [-0.15, -0.1) is 5.10 Å². The Morgan fingerprint density at radius 2 is 1.71 bits per heavy atom. The quantitative estimate of drug-likeness (QED) is 0.247. The molecule has 1 heterocycles. The van der Waals surface area contributed by atoms with Gasteiger partial charge in [-0.1, -0.05) is 90.5 Å². The van der Waals surface area contributed by atoms with Crippen molar-refractivity contribution in [3.8, 4) is 5.69 Å². The summed E-state index contributed by atoms with van der Waals surface area (Å²) < 4.78 is 6.88. The van der Waals surface area contributed by atoms with Crippen molar-refractivity contribution in [1.82, 2.24) is 14.8 Å². The molecular formula is C32H30N4O2. The number of aromatic nitrogens is 3. The standard InChI is InChI=1S/C32H30N4O2/c1-3-38-30(37)29-34-31(36(35-29)27-17-13-22(2)14-18-27)33-21-32(26-11-5-4-6-12-26)20-28(32)25-16-15-23-9-7-8-10-24(23)19-25/h4-19,28H,3,20-21H2,1-2H3,(H,33,34,35)/t28-,32-/m1/s1. The predicted molar refractivity (Wildman–Crippen MR) is 150 cm³/mol. The summed E-state index contributed by atoms with van der Waals surface area (Å²) in [6, 6.07) is 33.9. The van der Waals surface area contributed by atoms with Gasteiger partial charge < -0.3 is 10.1 Å². The molecule has 4 aromatic carbocycles. The lowest BCUT2D eigenvalue weighted by Gasteiger charge is -2.20. The van der Waals surface area contributed by atoms with Crippen LogP contribution in [-0.2, 0) is 10.2 Å². The SMILES string of the molecule is CCOC(=O)c1nc(NC[C@@]2(c3ccccc3)C[C@@H]2c2ccc3ccccc3c2)n(-c2ccc(C)cc2)n1. The normalized spacial score (nSPS) is 18.3. The number of carbonyl (C=O) groups is 1. The highest BCUT2D eigenvalue weighted by atomic mass is 16.5. The van der Waals surface area contributed by atoms with Gasteiger partial charge in [-0.05, 0) is 60.2 Å². The van der Waals surface area contributed by atoms with Crippen molar-refractivity contribution in [2.75, 3.05) is 18.5 Å². The molecule has 0 unspecified atom stereocenters. The second-order valence-electron chi connectivity index (χ2n) is 9.97. The summed E-state index contributed by atoms with van der Waals surface area (Å²) in [5.74, 6) is 0.406. The van der Waals surface area contributed by atoms with Crippen molar-refractivity contribution in [1.29, 1.82) is 0 Å². The maximum absolute atomic E-state index is 12.5. The minimum atomic E-state index is -0.528. The van der Waals surface area contributed by atoms with Gasteiger partial charge in [0.1, 0.15) is 0 Å². The Balaban J connectivity index is 1.34. The van der Waals surface area contributed by atoms with E-state index in [1.807, 2.05) is 31.2 Å². The van der Waals surface area contributed by atoms with Gasteiger partial charge in [-0.3, -0.25) is 0 Å². The third kappa shape index (κ3) is 4.43. The van der Waals surface area contributed by atoms with Crippen molar-refractivity contribution >= 4 is 22.7 Å². The minimum Gasteiger partial charge on any atom is -0.460 e. The predicted octanol–water partition coefficient (Wildman–Crippen LogP) is 6.44. The van der Waals surface area contributed by atoms with E-state index in [1.165, 1.54) is 21.9 Å². The number of rotatable bonds is 8. The van der Waals surface area contributed by atoms with Crippen molar-refractivity contribution < 1.29 is 9.53 Å².